The minimum absolute atomic E-state index is 0.0190. The molecule has 0 radical (unpaired) electrons. The molecule has 128 valence electrons. The van der Waals surface area contributed by atoms with E-state index in [1.54, 1.807) is 0 Å². The van der Waals surface area contributed by atoms with Gasteiger partial charge in [-0.05, 0) is 50.3 Å². The topological polar surface area (TPSA) is 57.8 Å². The molecule has 2 fully saturated rings. The molecular formula is C19H25N3OS. The van der Waals surface area contributed by atoms with Gasteiger partial charge in [0.1, 0.15) is 5.82 Å². The van der Waals surface area contributed by atoms with Gasteiger partial charge >= 0.3 is 0 Å². The number of hydrogen-bond acceptors (Lipinski definition) is 4. The summed E-state index contributed by atoms with van der Waals surface area (Å²) >= 11 is 1.95. The maximum Gasteiger partial charge on any atom is 0.258 e. The number of thioether (sulfide) groups is 1. The number of aromatic nitrogens is 2. The van der Waals surface area contributed by atoms with Gasteiger partial charge in [0.15, 0.2) is 0 Å². The maximum absolute atomic E-state index is 12.3. The van der Waals surface area contributed by atoms with Gasteiger partial charge in [0, 0.05) is 17.0 Å². The zero-order valence-corrected chi connectivity index (χ0v) is 14.8. The maximum atomic E-state index is 12.3. The van der Waals surface area contributed by atoms with E-state index in [2.05, 4.69) is 10.3 Å². The Morgan fingerprint density at radius 1 is 1.12 bits per heavy atom. The lowest BCUT2D eigenvalue weighted by molar-refractivity contribution is 0.445. The SMILES string of the molecule is O=c1[nH]c(CSC2CCCCC2)nc2cc(NC3CCC3)ccc12. The van der Waals surface area contributed by atoms with Crippen LogP contribution in [-0.2, 0) is 5.75 Å². The lowest BCUT2D eigenvalue weighted by Crippen LogP contribution is -2.26. The average Bonchev–Trinajstić information content (AvgIpc) is 2.57. The first-order valence-corrected chi connectivity index (χ1v) is 10.2. The van der Waals surface area contributed by atoms with Gasteiger partial charge in [0.25, 0.3) is 5.56 Å². The number of hydrogen-bond donors (Lipinski definition) is 2. The number of H-pyrrole nitrogens is 1. The fourth-order valence-corrected chi connectivity index (χ4v) is 4.76. The zero-order valence-electron chi connectivity index (χ0n) is 14.0. The molecule has 4 rings (SSSR count). The van der Waals surface area contributed by atoms with Crippen LogP contribution in [-0.4, -0.2) is 21.3 Å². The summed E-state index contributed by atoms with van der Waals surface area (Å²) in [6.45, 7) is 0. The number of aromatic amines is 1. The molecule has 0 spiro atoms. The molecule has 1 heterocycles. The van der Waals surface area contributed by atoms with Crippen molar-refractivity contribution in [1.82, 2.24) is 9.97 Å². The molecule has 1 aromatic heterocycles. The van der Waals surface area contributed by atoms with Crippen LogP contribution in [0.1, 0.15) is 57.2 Å². The van der Waals surface area contributed by atoms with Crippen LogP contribution in [0.5, 0.6) is 0 Å². The van der Waals surface area contributed by atoms with Crippen molar-refractivity contribution in [3.8, 4) is 0 Å². The van der Waals surface area contributed by atoms with Gasteiger partial charge in [-0.3, -0.25) is 4.79 Å². The summed E-state index contributed by atoms with van der Waals surface area (Å²) in [7, 11) is 0. The Labute approximate surface area is 146 Å². The smallest absolute Gasteiger partial charge is 0.258 e. The summed E-state index contributed by atoms with van der Waals surface area (Å²) in [5.74, 6) is 1.61. The Morgan fingerprint density at radius 3 is 2.71 bits per heavy atom. The van der Waals surface area contributed by atoms with Gasteiger partial charge in [-0.2, -0.15) is 11.8 Å². The fraction of sp³-hybridized carbons (Fsp3) is 0.579. The number of fused-ring (bicyclic) bond motifs is 1. The van der Waals surface area contributed by atoms with Crippen LogP contribution in [0.15, 0.2) is 23.0 Å². The van der Waals surface area contributed by atoms with Crippen molar-refractivity contribution in [1.29, 1.82) is 0 Å². The van der Waals surface area contributed by atoms with Crippen molar-refractivity contribution in [3.63, 3.8) is 0 Å². The number of anilines is 1. The molecule has 0 atom stereocenters. The Kier molecular flexibility index (Phi) is 4.79. The number of rotatable bonds is 5. The van der Waals surface area contributed by atoms with E-state index in [1.165, 1.54) is 51.4 Å². The molecule has 2 aliphatic rings. The Morgan fingerprint density at radius 2 is 1.96 bits per heavy atom. The van der Waals surface area contributed by atoms with Gasteiger partial charge in [-0.1, -0.05) is 19.3 Å². The molecule has 0 unspecified atom stereocenters. The van der Waals surface area contributed by atoms with Gasteiger partial charge in [0.2, 0.25) is 0 Å². The van der Waals surface area contributed by atoms with Crippen molar-refractivity contribution in [2.24, 2.45) is 0 Å². The summed E-state index contributed by atoms with van der Waals surface area (Å²) in [5.41, 5.74) is 1.87. The highest BCUT2D eigenvalue weighted by atomic mass is 32.2. The Hall–Kier alpha value is -1.49. The van der Waals surface area contributed by atoms with E-state index in [4.69, 9.17) is 4.98 Å². The predicted molar refractivity (Wildman–Crippen MR) is 102 cm³/mol. The summed E-state index contributed by atoms with van der Waals surface area (Å²) in [4.78, 5) is 20.0. The number of nitrogens with zero attached hydrogens (tertiary/aromatic N) is 1. The highest BCUT2D eigenvalue weighted by Crippen LogP contribution is 2.30. The summed E-state index contributed by atoms with van der Waals surface area (Å²) in [5, 5.41) is 4.94. The van der Waals surface area contributed by atoms with Crippen LogP contribution < -0.4 is 10.9 Å². The third-order valence-electron chi connectivity index (χ3n) is 5.24. The highest BCUT2D eigenvalue weighted by molar-refractivity contribution is 7.99. The van der Waals surface area contributed by atoms with E-state index in [-0.39, 0.29) is 5.56 Å². The van der Waals surface area contributed by atoms with Crippen molar-refractivity contribution >= 4 is 28.4 Å². The molecule has 0 amide bonds. The second kappa shape index (κ2) is 7.18. The molecule has 2 aliphatic carbocycles. The first kappa shape index (κ1) is 16.0. The second-order valence-corrected chi connectivity index (χ2v) is 8.38. The average molecular weight is 343 g/mol. The normalized spacial score (nSPS) is 19.3. The van der Waals surface area contributed by atoms with E-state index in [9.17, 15) is 4.79 Å². The molecule has 2 N–H and O–H groups in total. The zero-order chi connectivity index (χ0) is 16.4. The molecule has 4 nitrogen and oxygen atoms in total. The molecular weight excluding hydrogens is 318 g/mol. The van der Waals surface area contributed by atoms with Crippen LogP contribution in [0, 0.1) is 0 Å². The molecule has 2 saturated carbocycles. The van der Waals surface area contributed by atoms with Crippen molar-refractivity contribution < 1.29 is 0 Å². The van der Waals surface area contributed by atoms with Crippen molar-refractivity contribution in [3.05, 3.63) is 34.4 Å². The second-order valence-electron chi connectivity index (χ2n) is 7.09. The summed E-state index contributed by atoms with van der Waals surface area (Å²) in [6, 6.07) is 6.50. The highest BCUT2D eigenvalue weighted by Gasteiger charge is 2.17. The Balaban J connectivity index is 1.51. The number of nitrogens with one attached hydrogen (secondary N) is 2. The molecule has 0 bridgehead atoms. The summed E-state index contributed by atoms with van der Waals surface area (Å²) < 4.78 is 0. The van der Waals surface area contributed by atoms with Gasteiger partial charge in [0.05, 0.1) is 16.7 Å². The van der Waals surface area contributed by atoms with Crippen LogP contribution in [0.4, 0.5) is 5.69 Å². The molecule has 1 aromatic carbocycles. The summed E-state index contributed by atoms with van der Waals surface area (Å²) in [6.07, 6.45) is 10.5. The van der Waals surface area contributed by atoms with Crippen molar-refractivity contribution in [2.75, 3.05) is 5.32 Å². The predicted octanol–water partition coefficient (Wildman–Crippen LogP) is 4.45. The van der Waals surface area contributed by atoms with E-state index >= 15 is 0 Å². The van der Waals surface area contributed by atoms with E-state index in [1.807, 2.05) is 30.0 Å². The fourth-order valence-electron chi connectivity index (χ4n) is 3.56. The minimum atomic E-state index is -0.0190. The lowest BCUT2D eigenvalue weighted by atomic mass is 9.93. The van der Waals surface area contributed by atoms with E-state index in [0.717, 1.165) is 28.0 Å². The van der Waals surface area contributed by atoms with Crippen molar-refractivity contribution in [2.45, 2.75) is 68.4 Å². The van der Waals surface area contributed by atoms with Crippen LogP contribution in [0.25, 0.3) is 10.9 Å². The lowest BCUT2D eigenvalue weighted by Gasteiger charge is -2.27. The molecule has 2 aromatic rings. The first-order valence-electron chi connectivity index (χ1n) is 9.19. The van der Waals surface area contributed by atoms with Crippen LogP contribution >= 0.6 is 11.8 Å². The monoisotopic (exact) mass is 343 g/mol. The quantitative estimate of drug-likeness (QED) is 0.842. The van der Waals surface area contributed by atoms with E-state index < -0.39 is 0 Å². The van der Waals surface area contributed by atoms with Crippen LogP contribution in [0.3, 0.4) is 0 Å². The number of benzene rings is 1. The molecule has 0 aliphatic heterocycles. The van der Waals surface area contributed by atoms with Gasteiger partial charge in [-0.25, -0.2) is 4.98 Å². The Bertz CT molecular complexity index is 763. The molecule has 24 heavy (non-hydrogen) atoms. The molecule has 0 saturated heterocycles. The van der Waals surface area contributed by atoms with Gasteiger partial charge in [-0.15, -0.1) is 0 Å². The third kappa shape index (κ3) is 3.61. The molecule has 5 heteroatoms. The van der Waals surface area contributed by atoms with Gasteiger partial charge < -0.3 is 10.3 Å². The largest absolute Gasteiger partial charge is 0.382 e. The van der Waals surface area contributed by atoms with Crippen LogP contribution in [0.2, 0.25) is 0 Å². The third-order valence-corrected chi connectivity index (χ3v) is 6.62. The standard InChI is InChI=1S/C19H25N3OS/c23-19-16-10-9-14(20-13-5-4-6-13)11-17(16)21-18(22-19)12-24-15-7-2-1-3-8-15/h9-11,13,15,20H,1-8,12H2,(H,21,22,23). The first-order chi connectivity index (χ1) is 11.8. The minimum Gasteiger partial charge on any atom is -0.382 e. The van der Waals surface area contributed by atoms with E-state index in [0.29, 0.717) is 11.4 Å².